The summed E-state index contributed by atoms with van der Waals surface area (Å²) in [6.45, 7) is 2.13. The number of benzene rings is 2. The van der Waals surface area contributed by atoms with Gasteiger partial charge in [0.1, 0.15) is 5.75 Å². The third kappa shape index (κ3) is 2.41. The summed E-state index contributed by atoms with van der Waals surface area (Å²) in [5, 5.41) is 1.25. The van der Waals surface area contributed by atoms with Crippen LogP contribution in [0.15, 0.2) is 48.5 Å². The van der Waals surface area contributed by atoms with Crippen molar-refractivity contribution in [3.05, 3.63) is 64.5 Å². The van der Waals surface area contributed by atoms with Crippen molar-refractivity contribution in [2.45, 2.75) is 6.92 Å². The van der Waals surface area contributed by atoms with Gasteiger partial charge in [0.05, 0.1) is 7.11 Å². The highest BCUT2D eigenvalue weighted by Crippen LogP contribution is 2.29. The summed E-state index contributed by atoms with van der Waals surface area (Å²) < 4.78 is 6.45. The topological polar surface area (TPSA) is 9.23 Å². The number of fused-ring (bicyclic) bond motifs is 1. The Bertz CT molecular complexity index is 801. The van der Waals surface area contributed by atoms with Crippen LogP contribution < -0.4 is 4.74 Å². The van der Waals surface area contributed by atoms with Crippen LogP contribution in [-0.4, -0.2) is 7.11 Å². The molecule has 1 nitrogen and oxygen atoms in total. The molecule has 0 aliphatic rings. The zero-order chi connectivity index (χ0) is 13.9. The van der Waals surface area contributed by atoms with Crippen LogP contribution in [0.2, 0.25) is 0 Å². The highest BCUT2D eigenvalue weighted by atomic mass is 32.1. The van der Waals surface area contributed by atoms with Gasteiger partial charge in [-0.3, -0.25) is 0 Å². The second kappa shape index (κ2) is 5.40. The first kappa shape index (κ1) is 12.8. The van der Waals surface area contributed by atoms with E-state index in [1.807, 2.05) is 24.3 Å². The fraction of sp³-hybridized carbons (Fsp3) is 0.111. The van der Waals surface area contributed by atoms with Gasteiger partial charge in [-0.1, -0.05) is 30.0 Å². The molecule has 0 N–H and O–H groups in total. The molecule has 2 heteroatoms. The van der Waals surface area contributed by atoms with E-state index in [1.165, 1.54) is 15.0 Å². The van der Waals surface area contributed by atoms with E-state index in [0.717, 1.165) is 16.9 Å². The molecule has 0 bridgehead atoms. The fourth-order valence-corrected chi connectivity index (χ4v) is 3.15. The standard InChI is InChI=1S/C18H14OS/c1-13-16(17-5-3-4-6-18(17)20-13)12-9-14-7-10-15(19-2)11-8-14/h3-8,10-11H,1-2H3. The molecule has 0 saturated heterocycles. The second-order valence-electron chi connectivity index (χ2n) is 4.51. The quantitative estimate of drug-likeness (QED) is 0.590. The Morgan fingerprint density at radius 2 is 1.70 bits per heavy atom. The molecule has 20 heavy (non-hydrogen) atoms. The normalized spacial score (nSPS) is 10.1. The molecular weight excluding hydrogens is 264 g/mol. The smallest absolute Gasteiger partial charge is 0.118 e. The molecular formula is C18H14OS. The molecule has 0 fully saturated rings. The molecule has 0 radical (unpaired) electrons. The maximum Gasteiger partial charge on any atom is 0.118 e. The molecule has 2 aromatic carbocycles. The molecule has 0 spiro atoms. The maximum absolute atomic E-state index is 5.15. The highest BCUT2D eigenvalue weighted by molar-refractivity contribution is 7.19. The predicted molar refractivity (Wildman–Crippen MR) is 85.5 cm³/mol. The monoisotopic (exact) mass is 278 g/mol. The van der Waals surface area contributed by atoms with E-state index in [0.29, 0.717) is 0 Å². The van der Waals surface area contributed by atoms with Crippen LogP contribution in [0.25, 0.3) is 10.1 Å². The van der Waals surface area contributed by atoms with Crippen molar-refractivity contribution < 1.29 is 4.74 Å². The van der Waals surface area contributed by atoms with E-state index < -0.39 is 0 Å². The van der Waals surface area contributed by atoms with Gasteiger partial charge in [-0.15, -0.1) is 11.3 Å². The van der Waals surface area contributed by atoms with Crippen molar-refractivity contribution in [2.75, 3.05) is 7.11 Å². The summed E-state index contributed by atoms with van der Waals surface area (Å²) in [5.41, 5.74) is 2.14. The van der Waals surface area contributed by atoms with Crippen LogP contribution in [-0.2, 0) is 0 Å². The zero-order valence-electron chi connectivity index (χ0n) is 11.4. The molecule has 0 aliphatic heterocycles. The number of hydrogen-bond donors (Lipinski definition) is 0. The summed E-state index contributed by atoms with van der Waals surface area (Å²) in [4.78, 5) is 1.27. The fourth-order valence-electron chi connectivity index (χ4n) is 2.13. The van der Waals surface area contributed by atoms with Crippen LogP contribution in [0.3, 0.4) is 0 Å². The second-order valence-corrected chi connectivity index (χ2v) is 5.76. The Morgan fingerprint density at radius 3 is 2.45 bits per heavy atom. The zero-order valence-corrected chi connectivity index (χ0v) is 12.3. The minimum Gasteiger partial charge on any atom is -0.497 e. The van der Waals surface area contributed by atoms with Crippen LogP contribution >= 0.6 is 11.3 Å². The van der Waals surface area contributed by atoms with Crippen molar-refractivity contribution in [3.8, 4) is 17.6 Å². The van der Waals surface area contributed by atoms with E-state index in [9.17, 15) is 0 Å². The Hall–Kier alpha value is -2.24. The number of aryl methyl sites for hydroxylation is 1. The van der Waals surface area contributed by atoms with Crippen molar-refractivity contribution in [1.29, 1.82) is 0 Å². The van der Waals surface area contributed by atoms with Gasteiger partial charge in [0.25, 0.3) is 0 Å². The Kier molecular flexibility index (Phi) is 3.45. The highest BCUT2D eigenvalue weighted by Gasteiger charge is 2.05. The third-order valence-corrected chi connectivity index (χ3v) is 4.28. The van der Waals surface area contributed by atoms with Crippen LogP contribution in [0.4, 0.5) is 0 Å². The summed E-state index contributed by atoms with van der Waals surface area (Å²) in [6, 6.07) is 16.2. The lowest BCUT2D eigenvalue weighted by molar-refractivity contribution is 0.415. The van der Waals surface area contributed by atoms with Crippen molar-refractivity contribution >= 4 is 21.4 Å². The number of hydrogen-bond acceptors (Lipinski definition) is 2. The van der Waals surface area contributed by atoms with Crippen molar-refractivity contribution in [3.63, 3.8) is 0 Å². The molecule has 1 aromatic heterocycles. The largest absolute Gasteiger partial charge is 0.497 e. The lowest BCUT2D eigenvalue weighted by Gasteiger charge is -1.97. The predicted octanol–water partition coefficient (Wildman–Crippen LogP) is 4.62. The van der Waals surface area contributed by atoms with E-state index in [2.05, 4.69) is 43.0 Å². The van der Waals surface area contributed by atoms with E-state index in [4.69, 9.17) is 4.74 Å². The Balaban J connectivity index is 2.01. The van der Waals surface area contributed by atoms with Gasteiger partial charge in [-0.05, 0) is 37.3 Å². The first-order valence-electron chi connectivity index (χ1n) is 6.42. The van der Waals surface area contributed by atoms with Crippen LogP contribution in [0.5, 0.6) is 5.75 Å². The van der Waals surface area contributed by atoms with Crippen LogP contribution in [0, 0.1) is 18.8 Å². The molecule has 0 saturated carbocycles. The van der Waals surface area contributed by atoms with E-state index >= 15 is 0 Å². The van der Waals surface area contributed by atoms with E-state index in [-0.39, 0.29) is 0 Å². The van der Waals surface area contributed by atoms with Crippen molar-refractivity contribution in [2.24, 2.45) is 0 Å². The van der Waals surface area contributed by atoms with Gasteiger partial charge in [0.2, 0.25) is 0 Å². The minimum absolute atomic E-state index is 0.854. The molecule has 0 unspecified atom stereocenters. The SMILES string of the molecule is COc1ccc(C#Cc2c(C)sc3ccccc23)cc1. The lowest BCUT2D eigenvalue weighted by atomic mass is 10.1. The molecule has 0 amide bonds. The Morgan fingerprint density at radius 1 is 0.950 bits per heavy atom. The Labute approximate surface area is 122 Å². The maximum atomic E-state index is 5.15. The molecule has 0 aliphatic carbocycles. The number of methoxy groups -OCH3 is 1. The molecule has 98 valence electrons. The average molecular weight is 278 g/mol. The van der Waals surface area contributed by atoms with Gasteiger partial charge < -0.3 is 4.74 Å². The number of rotatable bonds is 1. The van der Waals surface area contributed by atoms with Crippen LogP contribution in [0.1, 0.15) is 16.0 Å². The van der Waals surface area contributed by atoms with Gasteiger partial charge in [-0.2, -0.15) is 0 Å². The first-order chi connectivity index (χ1) is 9.78. The summed E-state index contributed by atoms with van der Waals surface area (Å²) in [5.74, 6) is 7.40. The summed E-state index contributed by atoms with van der Waals surface area (Å²) >= 11 is 1.80. The third-order valence-electron chi connectivity index (χ3n) is 3.19. The van der Waals surface area contributed by atoms with Gasteiger partial charge >= 0.3 is 0 Å². The summed E-state index contributed by atoms with van der Waals surface area (Å²) in [6.07, 6.45) is 0. The lowest BCUT2D eigenvalue weighted by Crippen LogP contribution is -1.82. The van der Waals surface area contributed by atoms with E-state index in [1.54, 1.807) is 18.4 Å². The number of ether oxygens (including phenoxy) is 1. The minimum atomic E-state index is 0.854. The number of thiophene rings is 1. The van der Waals surface area contributed by atoms with Crippen molar-refractivity contribution in [1.82, 2.24) is 0 Å². The molecule has 1 heterocycles. The van der Waals surface area contributed by atoms with Gasteiger partial charge in [0, 0.05) is 26.1 Å². The first-order valence-corrected chi connectivity index (χ1v) is 7.24. The molecule has 3 rings (SSSR count). The molecule has 0 atom stereocenters. The summed E-state index contributed by atoms with van der Waals surface area (Å²) in [7, 11) is 1.67. The molecule has 3 aromatic rings. The average Bonchev–Trinajstić information content (AvgIpc) is 2.81. The van der Waals surface area contributed by atoms with Gasteiger partial charge in [-0.25, -0.2) is 0 Å². The van der Waals surface area contributed by atoms with Gasteiger partial charge in [0.15, 0.2) is 0 Å².